The summed E-state index contributed by atoms with van der Waals surface area (Å²) in [6, 6.07) is 0. The molecular formula is C12H27OSi. The second-order valence-corrected chi connectivity index (χ2v) is 10.3. The van der Waals surface area contributed by atoms with Crippen LogP contribution >= 0.6 is 0 Å². The molecule has 14 heavy (non-hydrogen) atoms. The Hall–Kier alpha value is 0.177. The molecule has 0 saturated heterocycles. The quantitative estimate of drug-likeness (QED) is 0.471. The Morgan fingerprint density at radius 1 is 1.07 bits per heavy atom. The molecule has 0 N–H and O–H groups in total. The molecule has 0 aliphatic rings. The topological polar surface area (TPSA) is 9.23 Å². The van der Waals surface area contributed by atoms with Gasteiger partial charge in [-0.25, -0.2) is 0 Å². The summed E-state index contributed by atoms with van der Waals surface area (Å²) in [6.45, 7) is 16.3. The first-order valence-electron chi connectivity index (χ1n) is 5.74. The molecule has 0 rings (SSSR count). The van der Waals surface area contributed by atoms with Gasteiger partial charge in [0, 0.05) is 6.61 Å². The maximum absolute atomic E-state index is 6.06. The Bertz CT molecular complexity index is 147. The highest BCUT2D eigenvalue weighted by Gasteiger charge is 2.36. The van der Waals surface area contributed by atoms with E-state index in [9.17, 15) is 0 Å². The number of rotatable bonds is 6. The van der Waals surface area contributed by atoms with Gasteiger partial charge >= 0.3 is 0 Å². The van der Waals surface area contributed by atoms with Crippen LogP contribution < -0.4 is 0 Å². The molecule has 0 atom stereocenters. The van der Waals surface area contributed by atoms with Crippen molar-refractivity contribution < 1.29 is 4.43 Å². The Morgan fingerprint density at radius 3 is 2.07 bits per heavy atom. The minimum absolute atomic E-state index is 0.347. The highest BCUT2D eigenvalue weighted by molar-refractivity contribution is 6.74. The van der Waals surface area contributed by atoms with Crippen molar-refractivity contribution in [2.75, 3.05) is 6.61 Å². The first-order chi connectivity index (χ1) is 6.31. The molecule has 0 heterocycles. The highest BCUT2D eigenvalue weighted by atomic mass is 28.4. The van der Waals surface area contributed by atoms with Gasteiger partial charge in [0.1, 0.15) is 0 Å². The van der Waals surface area contributed by atoms with E-state index in [0.29, 0.717) is 5.04 Å². The highest BCUT2D eigenvalue weighted by Crippen LogP contribution is 2.36. The first kappa shape index (κ1) is 14.2. The predicted molar refractivity (Wildman–Crippen MR) is 67.0 cm³/mol. The Morgan fingerprint density at radius 2 is 1.64 bits per heavy atom. The number of hydrogen-bond acceptors (Lipinski definition) is 1. The van der Waals surface area contributed by atoms with Crippen LogP contribution in [0.15, 0.2) is 0 Å². The van der Waals surface area contributed by atoms with Gasteiger partial charge in [-0.2, -0.15) is 0 Å². The summed E-state index contributed by atoms with van der Waals surface area (Å²) in [6.07, 6.45) is 4.75. The van der Waals surface area contributed by atoms with Crippen molar-refractivity contribution in [3.63, 3.8) is 0 Å². The molecule has 0 saturated carbocycles. The minimum atomic E-state index is -1.48. The molecule has 0 aromatic rings. The van der Waals surface area contributed by atoms with Gasteiger partial charge in [-0.1, -0.05) is 47.0 Å². The van der Waals surface area contributed by atoms with E-state index in [2.05, 4.69) is 40.8 Å². The molecule has 0 aliphatic heterocycles. The van der Waals surface area contributed by atoms with Gasteiger partial charge in [0.05, 0.1) is 0 Å². The monoisotopic (exact) mass is 215 g/mol. The van der Waals surface area contributed by atoms with Gasteiger partial charge in [0.15, 0.2) is 8.32 Å². The van der Waals surface area contributed by atoms with Crippen molar-refractivity contribution in [1.82, 2.24) is 0 Å². The van der Waals surface area contributed by atoms with Crippen LogP contribution in [0.25, 0.3) is 0 Å². The van der Waals surface area contributed by atoms with Gasteiger partial charge in [-0.15, -0.1) is 0 Å². The third-order valence-electron chi connectivity index (χ3n) is 3.16. The molecule has 1 radical (unpaired) electrons. The molecule has 0 aromatic heterocycles. The SMILES string of the molecule is [CH2]CCCCCO[Si](C)(C)C(C)(C)C. The fraction of sp³-hybridized carbons (Fsp3) is 0.917. The van der Waals surface area contributed by atoms with Crippen molar-refractivity contribution >= 4 is 8.32 Å². The minimum Gasteiger partial charge on any atom is -0.417 e. The molecule has 0 aliphatic carbocycles. The summed E-state index contributed by atoms with van der Waals surface area (Å²) in [4.78, 5) is 0. The summed E-state index contributed by atoms with van der Waals surface area (Å²) in [5.74, 6) is 0. The Balaban J connectivity index is 3.67. The van der Waals surface area contributed by atoms with E-state index >= 15 is 0 Å². The van der Waals surface area contributed by atoms with Crippen molar-refractivity contribution in [2.45, 2.75) is 64.6 Å². The van der Waals surface area contributed by atoms with Crippen LogP contribution in [0.1, 0.15) is 46.5 Å². The fourth-order valence-corrected chi connectivity index (χ4v) is 2.09. The average molecular weight is 215 g/mol. The molecule has 1 nitrogen and oxygen atoms in total. The van der Waals surface area contributed by atoms with Crippen LogP contribution in [-0.2, 0) is 4.43 Å². The lowest BCUT2D eigenvalue weighted by Crippen LogP contribution is -2.40. The standard InChI is InChI=1S/C12H27OSi/c1-7-8-9-10-11-13-14(5,6)12(2,3)4/h1,7-11H2,2-6H3. The van der Waals surface area contributed by atoms with E-state index in [1.165, 1.54) is 19.3 Å². The van der Waals surface area contributed by atoms with Gasteiger partial charge in [0.25, 0.3) is 0 Å². The maximum atomic E-state index is 6.06. The molecule has 0 aromatic carbocycles. The second kappa shape index (κ2) is 5.91. The van der Waals surface area contributed by atoms with Gasteiger partial charge in [-0.05, 0) is 24.6 Å². The van der Waals surface area contributed by atoms with Crippen LogP contribution in [0.5, 0.6) is 0 Å². The molecule has 2 heteroatoms. The van der Waals surface area contributed by atoms with Crippen LogP contribution in [0.4, 0.5) is 0 Å². The Kier molecular flexibility index (Phi) is 5.99. The van der Waals surface area contributed by atoms with Crippen LogP contribution in [0.3, 0.4) is 0 Å². The van der Waals surface area contributed by atoms with E-state index in [-0.39, 0.29) is 0 Å². The third kappa shape index (κ3) is 5.16. The lowest BCUT2D eigenvalue weighted by atomic mass is 10.2. The van der Waals surface area contributed by atoms with Crippen molar-refractivity contribution in [2.24, 2.45) is 0 Å². The summed E-state index contributed by atoms with van der Waals surface area (Å²) in [5, 5.41) is 0.347. The van der Waals surface area contributed by atoms with Crippen molar-refractivity contribution in [3.8, 4) is 0 Å². The second-order valence-electron chi connectivity index (χ2n) is 5.52. The lowest BCUT2D eigenvalue weighted by molar-refractivity contribution is 0.278. The lowest BCUT2D eigenvalue weighted by Gasteiger charge is -2.36. The molecule has 0 amide bonds. The van der Waals surface area contributed by atoms with Crippen molar-refractivity contribution in [3.05, 3.63) is 6.92 Å². The zero-order chi connectivity index (χ0) is 11.2. The van der Waals surface area contributed by atoms with E-state index in [1.54, 1.807) is 0 Å². The fourth-order valence-electron chi connectivity index (χ4n) is 0.999. The predicted octanol–water partition coefficient (Wildman–Crippen LogP) is 4.40. The number of hydrogen-bond donors (Lipinski definition) is 0. The first-order valence-corrected chi connectivity index (χ1v) is 8.65. The molecule has 0 fully saturated rings. The van der Waals surface area contributed by atoms with Crippen molar-refractivity contribution in [1.29, 1.82) is 0 Å². The third-order valence-corrected chi connectivity index (χ3v) is 7.70. The maximum Gasteiger partial charge on any atom is 0.191 e. The summed E-state index contributed by atoms with van der Waals surface area (Å²) in [5.41, 5.74) is 0. The van der Waals surface area contributed by atoms with E-state index in [1.807, 2.05) is 0 Å². The smallest absolute Gasteiger partial charge is 0.191 e. The van der Waals surface area contributed by atoms with Gasteiger partial charge in [-0.3, -0.25) is 0 Å². The van der Waals surface area contributed by atoms with E-state index in [4.69, 9.17) is 4.43 Å². The van der Waals surface area contributed by atoms with Crippen LogP contribution in [0.2, 0.25) is 18.1 Å². The number of unbranched alkanes of at least 4 members (excludes halogenated alkanes) is 3. The van der Waals surface area contributed by atoms with Crippen LogP contribution in [-0.4, -0.2) is 14.9 Å². The summed E-state index contributed by atoms with van der Waals surface area (Å²) < 4.78 is 6.06. The van der Waals surface area contributed by atoms with E-state index in [0.717, 1.165) is 13.0 Å². The van der Waals surface area contributed by atoms with E-state index < -0.39 is 8.32 Å². The summed E-state index contributed by atoms with van der Waals surface area (Å²) >= 11 is 0. The Labute approximate surface area is 91.4 Å². The molecule has 0 spiro atoms. The molecule has 0 bridgehead atoms. The molecular weight excluding hydrogens is 188 g/mol. The average Bonchev–Trinajstić information content (AvgIpc) is 2.02. The normalized spacial score (nSPS) is 13.3. The van der Waals surface area contributed by atoms with Gasteiger partial charge < -0.3 is 4.43 Å². The largest absolute Gasteiger partial charge is 0.417 e. The molecule has 85 valence electrons. The summed E-state index contributed by atoms with van der Waals surface area (Å²) in [7, 11) is -1.48. The molecule has 0 unspecified atom stereocenters. The zero-order valence-electron chi connectivity index (χ0n) is 10.7. The van der Waals surface area contributed by atoms with Crippen LogP contribution in [0, 0.1) is 6.92 Å². The zero-order valence-corrected chi connectivity index (χ0v) is 11.7. The van der Waals surface area contributed by atoms with Gasteiger partial charge in [0.2, 0.25) is 0 Å².